The Bertz CT molecular complexity index is 465. The highest BCUT2D eigenvalue weighted by Gasteiger charge is 2.26. The van der Waals surface area contributed by atoms with Gasteiger partial charge in [0.05, 0.1) is 0 Å². The van der Waals surface area contributed by atoms with E-state index >= 15 is 0 Å². The summed E-state index contributed by atoms with van der Waals surface area (Å²) in [6.07, 6.45) is 4.45. The maximum absolute atomic E-state index is 11.8. The van der Waals surface area contributed by atoms with Gasteiger partial charge in [0.2, 0.25) is 5.89 Å². The number of nitrogens with zero attached hydrogens (tertiary/aromatic N) is 4. The number of carbonyl (C=O) groups is 1. The van der Waals surface area contributed by atoms with Crippen molar-refractivity contribution in [3.63, 3.8) is 0 Å². The summed E-state index contributed by atoms with van der Waals surface area (Å²) < 4.78 is 5.33. The predicted molar refractivity (Wildman–Crippen MR) is 74.7 cm³/mol. The Morgan fingerprint density at radius 1 is 1.25 bits per heavy atom. The fourth-order valence-electron chi connectivity index (χ4n) is 2.95. The first kappa shape index (κ1) is 13.5. The van der Waals surface area contributed by atoms with Crippen molar-refractivity contribution in [2.45, 2.75) is 32.1 Å². The number of carbonyl (C=O) groups excluding carboxylic acids is 1. The SMILES string of the molecule is CN1CCN(c2noc(CC3CCCCC3=O)n2)CC1. The van der Waals surface area contributed by atoms with Crippen LogP contribution in [0.5, 0.6) is 0 Å². The fourth-order valence-corrected chi connectivity index (χ4v) is 2.95. The van der Waals surface area contributed by atoms with Crippen molar-refractivity contribution >= 4 is 11.7 Å². The first-order valence-electron chi connectivity index (χ1n) is 7.51. The van der Waals surface area contributed by atoms with Crippen LogP contribution in [0.2, 0.25) is 0 Å². The van der Waals surface area contributed by atoms with E-state index in [-0.39, 0.29) is 5.92 Å². The zero-order valence-electron chi connectivity index (χ0n) is 12.0. The lowest BCUT2D eigenvalue weighted by Crippen LogP contribution is -2.44. The molecule has 1 unspecified atom stereocenters. The van der Waals surface area contributed by atoms with Gasteiger partial charge in [-0.3, -0.25) is 4.79 Å². The molecule has 0 aromatic carbocycles. The van der Waals surface area contributed by atoms with Crippen molar-refractivity contribution in [1.82, 2.24) is 15.0 Å². The first-order valence-corrected chi connectivity index (χ1v) is 7.51. The van der Waals surface area contributed by atoms with Crippen LogP contribution in [0.4, 0.5) is 5.95 Å². The molecule has 0 amide bonds. The van der Waals surface area contributed by atoms with Gasteiger partial charge in [0.15, 0.2) is 0 Å². The molecule has 20 heavy (non-hydrogen) atoms. The summed E-state index contributed by atoms with van der Waals surface area (Å²) in [7, 11) is 2.12. The smallest absolute Gasteiger partial charge is 0.266 e. The number of hydrogen-bond acceptors (Lipinski definition) is 6. The highest BCUT2D eigenvalue weighted by Crippen LogP contribution is 2.24. The second-order valence-corrected chi connectivity index (χ2v) is 5.89. The highest BCUT2D eigenvalue weighted by molar-refractivity contribution is 5.81. The Labute approximate surface area is 119 Å². The first-order chi connectivity index (χ1) is 9.72. The third kappa shape index (κ3) is 3.00. The normalized spacial score (nSPS) is 25.1. The van der Waals surface area contributed by atoms with Crippen molar-refractivity contribution in [2.24, 2.45) is 5.92 Å². The Kier molecular flexibility index (Phi) is 4.00. The van der Waals surface area contributed by atoms with Crippen LogP contribution in [-0.2, 0) is 11.2 Å². The van der Waals surface area contributed by atoms with E-state index < -0.39 is 0 Å². The van der Waals surface area contributed by atoms with E-state index in [2.05, 4.69) is 27.0 Å². The summed E-state index contributed by atoms with van der Waals surface area (Å²) >= 11 is 0. The molecule has 1 aliphatic heterocycles. The van der Waals surface area contributed by atoms with Crippen molar-refractivity contribution in [3.05, 3.63) is 5.89 Å². The third-order valence-corrected chi connectivity index (χ3v) is 4.35. The van der Waals surface area contributed by atoms with Gasteiger partial charge >= 0.3 is 0 Å². The van der Waals surface area contributed by atoms with Gasteiger partial charge in [-0.1, -0.05) is 6.42 Å². The molecule has 6 nitrogen and oxygen atoms in total. The lowest BCUT2D eigenvalue weighted by atomic mass is 9.86. The van der Waals surface area contributed by atoms with E-state index in [0.717, 1.165) is 45.4 Å². The number of likely N-dealkylation sites (N-methyl/N-ethyl adjacent to an activating group) is 1. The van der Waals surface area contributed by atoms with E-state index in [4.69, 9.17) is 4.52 Å². The van der Waals surface area contributed by atoms with Gasteiger partial charge in [-0.15, -0.1) is 0 Å². The number of piperazine rings is 1. The molecule has 2 heterocycles. The molecule has 1 aliphatic carbocycles. The molecule has 0 spiro atoms. The van der Waals surface area contributed by atoms with Crippen LogP contribution in [0.15, 0.2) is 4.52 Å². The molecule has 2 aliphatic rings. The van der Waals surface area contributed by atoms with E-state index in [1.54, 1.807) is 0 Å². The zero-order chi connectivity index (χ0) is 13.9. The Balaban J connectivity index is 1.60. The van der Waals surface area contributed by atoms with Gasteiger partial charge in [-0.2, -0.15) is 4.98 Å². The zero-order valence-corrected chi connectivity index (χ0v) is 12.0. The molecule has 3 rings (SSSR count). The molecule has 6 heteroatoms. The largest absolute Gasteiger partial charge is 0.337 e. The molecule has 0 radical (unpaired) electrons. The summed E-state index contributed by atoms with van der Waals surface area (Å²) in [6.45, 7) is 3.89. The molecular weight excluding hydrogens is 256 g/mol. The second-order valence-electron chi connectivity index (χ2n) is 5.89. The van der Waals surface area contributed by atoms with Crippen LogP contribution in [0, 0.1) is 5.92 Å². The van der Waals surface area contributed by atoms with E-state index in [1.807, 2.05) is 0 Å². The van der Waals surface area contributed by atoms with Crippen molar-refractivity contribution < 1.29 is 9.32 Å². The van der Waals surface area contributed by atoms with E-state index in [9.17, 15) is 4.79 Å². The van der Waals surface area contributed by atoms with Crippen molar-refractivity contribution in [3.8, 4) is 0 Å². The van der Waals surface area contributed by atoms with Crippen LogP contribution in [0.1, 0.15) is 31.6 Å². The second kappa shape index (κ2) is 5.91. The van der Waals surface area contributed by atoms with Crippen LogP contribution >= 0.6 is 0 Å². The van der Waals surface area contributed by atoms with Crippen LogP contribution < -0.4 is 4.90 Å². The van der Waals surface area contributed by atoms with E-state index in [1.165, 1.54) is 0 Å². The summed E-state index contributed by atoms with van der Waals surface area (Å²) in [5.74, 6) is 1.73. The average Bonchev–Trinajstić information content (AvgIpc) is 2.91. The molecule has 1 saturated heterocycles. The van der Waals surface area contributed by atoms with Crippen LogP contribution in [0.25, 0.3) is 0 Å². The van der Waals surface area contributed by atoms with Crippen molar-refractivity contribution in [2.75, 3.05) is 38.1 Å². The molecule has 110 valence electrons. The molecule has 1 atom stereocenters. The number of hydrogen-bond donors (Lipinski definition) is 0. The Hall–Kier alpha value is -1.43. The van der Waals surface area contributed by atoms with Gasteiger partial charge in [-0.05, 0) is 25.0 Å². The van der Waals surface area contributed by atoms with Crippen LogP contribution in [-0.4, -0.2) is 54.1 Å². The lowest BCUT2D eigenvalue weighted by Gasteiger charge is -2.31. The van der Waals surface area contributed by atoms with E-state index in [0.29, 0.717) is 30.5 Å². The van der Waals surface area contributed by atoms with Crippen molar-refractivity contribution in [1.29, 1.82) is 0 Å². The minimum atomic E-state index is 0.0875. The van der Waals surface area contributed by atoms with Gasteiger partial charge in [0.1, 0.15) is 5.78 Å². The molecular formula is C14H22N4O2. The predicted octanol–water partition coefficient (Wildman–Crippen LogP) is 1.12. The van der Waals surface area contributed by atoms with Gasteiger partial charge in [0.25, 0.3) is 5.95 Å². The molecule has 0 bridgehead atoms. The molecule has 1 aromatic rings. The average molecular weight is 278 g/mol. The number of anilines is 1. The molecule has 1 aromatic heterocycles. The number of ketones is 1. The maximum atomic E-state index is 11.8. The molecule has 2 fully saturated rings. The Morgan fingerprint density at radius 2 is 2.05 bits per heavy atom. The maximum Gasteiger partial charge on any atom is 0.266 e. The quantitative estimate of drug-likeness (QED) is 0.826. The topological polar surface area (TPSA) is 62.5 Å². The van der Waals surface area contributed by atoms with Gasteiger partial charge in [0, 0.05) is 44.9 Å². The summed E-state index contributed by atoms with van der Waals surface area (Å²) in [6, 6.07) is 0. The molecule has 1 saturated carbocycles. The standard InChI is InChI=1S/C14H22N4O2/c1-17-6-8-18(9-7-17)14-15-13(20-16-14)10-11-4-2-3-5-12(11)19/h11H,2-10H2,1H3. The lowest BCUT2D eigenvalue weighted by molar-refractivity contribution is -0.124. The van der Waals surface area contributed by atoms with Crippen LogP contribution in [0.3, 0.4) is 0 Å². The number of aromatic nitrogens is 2. The highest BCUT2D eigenvalue weighted by atomic mass is 16.5. The Morgan fingerprint density at radius 3 is 2.80 bits per heavy atom. The summed E-state index contributed by atoms with van der Waals surface area (Å²) in [5, 5.41) is 4.07. The summed E-state index contributed by atoms with van der Waals surface area (Å²) in [5.41, 5.74) is 0. The summed E-state index contributed by atoms with van der Waals surface area (Å²) in [4.78, 5) is 20.7. The fraction of sp³-hybridized carbons (Fsp3) is 0.786. The number of Topliss-reactive ketones (excluding diaryl/α,β-unsaturated/α-hetero) is 1. The monoisotopic (exact) mass is 278 g/mol. The van der Waals surface area contributed by atoms with Gasteiger partial charge < -0.3 is 14.3 Å². The minimum absolute atomic E-state index is 0.0875. The minimum Gasteiger partial charge on any atom is -0.337 e. The molecule has 0 N–H and O–H groups in total. The third-order valence-electron chi connectivity index (χ3n) is 4.35. The van der Waals surface area contributed by atoms with Gasteiger partial charge in [-0.25, -0.2) is 0 Å². The number of rotatable bonds is 3.